The maximum absolute atomic E-state index is 12.8. The first kappa shape index (κ1) is 12.9. The molecule has 0 aromatic carbocycles. The van der Waals surface area contributed by atoms with Gasteiger partial charge < -0.3 is 4.74 Å². The summed E-state index contributed by atoms with van der Waals surface area (Å²) in [6.07, 6.45) is -2.73. The van der Waals surface area contributed by atoms with E-state index in [1.807, 2.05) is 0 Å². The van der Waals surface area contributed by atoms with Crippen LogP contribution in [0, 0.1) is 0 Å². The zero-order chi connectivity index (χ0) is 13.3. The highest BCUT2D eigenvalue weighted by Crippen LogP contribution is 2.43. The number of alkyl halides is 3. The molecule has 1 aliphatic rings. The molecule has 1 aromatic rings. The minimum absolute atomic E-state index is 0.00187. The molecule has 0 saturated carbocycles. The predicted octanol–water partition coefficient (Wildman–Crippen LogP) is 2.85. The third kappa shape index (κ3) is 2.32. The number of aromatic nitrogens is 1. The van der Waals surface area contributed by atoms with Gasteiger partial charge in [0.25, 0.3) is 0 Å². The number of halogens is 3. The summed E-state index contributed by atoms with van der Waals surface area (Å²) in [7, 11) is 0. The normalized spacial score (nSPS) is 18.6. The summed E-state index contributed by atoms with van der Waals surface area (Å²) in [6.45, 7) is 1.82. The first-order chi connectivity index (χ1) is 8.43. The van der Waals surface area contributed by atoms with Gasteiger partial charge >= 0.3 is 12.1 Å². The van der Waals surface area contributed by atoms with Crippen LogP contribution in [-0.2, 0) is 11.2 Å². The van der Waals surface area contributed by atoms with Crippen LogP contribution in [0.1, 0.15) is 40.9 Å². The number of hydrogen-bond donors (Lipinski definition) is 0. The molecule has 0 fully saturated rings. The third-order valence-corrected chi connectivity index (χ3v) is 2.96. The van der Waals surface area contributed by atoms with Gasteiger partial charge in [0, 0.05) is 11.9 Å². The molecule has 0 amide bonds. The van der Waals surface area contributed by atoms with Gasteiger partial charge in [-0.25, -0.2) is 4.79 Å². The molecule has 0 bridgehead atoms. The Kier molecular flexibility index (Phi) is 3.28. The van der Waals surface area contributed by atoms with Gasteiger partial charge in [0.15, 0.2) is 0 Å². The lowest BCUT2D eigenvalue weighted by Gasteiger charge is -2.15. The molecule has 98 valence electrons. The average molecular weight is 259 g/mol. The number of esters is 1. The predicted molar refractivity (Wildman–Crippen MR) is 57.3 cm³/mol. The first-order valence-corrected chi connectivity index (χ1v) is 5.66. The van der Waals surface area contributed by atoms with Crippen molar-refractivity contribution in [3.05, 3.63) is 29.1 Å². The van der Waals surface area contributed by atoms with Gasteiger partial charge in [0.1, 0.15) is 0 Å². The molecule has 1 aliphatic carbocycles. The van der Waals surface area contributed by atoms with E-state index in [4.69, 9.17) is 4.74 Å². The van der Waals surface area contributed by atoms with Crippen LogP contribution >= 0.6 is 0 Å². The van der Waals surface area contributed by atoms with E-state index in [1.165, 1.54) is 12.3 Å². The molecule has 1 unspecified atom stereocenters. The van der Waals surface area contributed by atoms with Gasteiger partial charge in [-0.1, -0.05) is 0 Å². The van der Waals surface area contributed by atoms with Crippen LogP contribution in [0.15, 0.2) is 12.3 Å². The topological polar surface area (TPSA) is 39.2 Å². The fourth-order valence-corrected chi connectivity index (χ4v) is 2.12. The van der Waals surface area contributed by atoms with Crippen LogP contribution in [0.3, 0.4) is 0 Å². The minimum atomic E-state index is -4.29. The Labute approximate surface area is 102 Å². The molecule has 3 nitrogen and oxygen atoms in total. The fourth-order valence-electron chi connectivity index (χ4n) is 2.12. The minimum Gasteiger partial charge on any atom is -0.462 e. The van der Waals surface area contributed by atoms with Crippen LogP contribution < -0.4 is 0 Å². The maximum Gasteiger partial charge on any atom is 0.395 e. The number of pyridine rings is 1. The summed E-state index contributed by atoms with van der Waals surface area (Å²) >= 11 is 0. The lowest BCUT2D eigenvalue weighted by Crippen LogP contribution is -2.19. The summed E-state index contributed by atoms with van der Waals surface area (Å²) in [5.41, 5.74) is 0.602. The SMILES string of the molecule is CCOC(=O)c1cnc2c(c1)C(C(F)(F)F)CC2. The van der Waals surface area contributed by atoms with E-state index < -0.39 is 18.1 Å². The van der Waals surface area contributed by atoms with Crippen molar-refractivity contribution in [2.24, 2.45) is 0 Å². The van der Waals surface area contributed by atoms with Gasteiger partial charge in [0.05, 0.1) is 18.1 Å². The number of carbonyl (C=O) groups is 1. The van der Waals surface area contributed by atoms with E-state index in [0.717, 1.165) is 0 Å². The quantitative estimate of drug-likeness (QED) is 0.767. The molecule has 2 rings (SSSR count). The van der Waals surface area contributed by atoms with E-state index in [9.17, 15) is 18.0 Å². The molecule has 6 heteroatoms. The van der Waals surface area contributed by atoms with Crippen molar-refractivity contribution in [3.8, 4) is 0 Å². The standard InChI is InChI=1S/C12H12F3NO2/c1-2-18-11(17)7-5-8-9(12(13,14)15)3-4-10(8)16-6-7/h5-6,9H,2-4H2,1H3. The first-order valence-electron chi connectivity index (χ1n) is 5.66. The molecule has 0 saturated heterocycles. The molecule has 0 aliphatic heterocycles. The lowest BCUT2D eigenvalue weighted by molar-refractivity contribution is -0.149. The molecule has 0 N–H and O–H groups in total. The Morgan fingerprint density at radius 3 is 2.89 bits per heavy atom. The van der Waals surface area contributed by atoms with Crippen molar-refractivity contribution < 1.29 is 22.7 Å². The molecule has 0 radical (unpaired) electrons. The van der Waals surface area contributed by atoms with E-state index in [0.29, 0.717) is 12.1 Å². The summed E-state index contributed by atoms with van der Waals surface area (Å²) in [4.78, 5) is 15.4. The van der Waals surface area contributed by atoms with Gasteiger partial charge in [0.2, 0.25) is 0 Å². The van der Waals surface area contributed by atoms with Crippen LogP contribution in [0.4, 0.5) is 13.2 Å². The zero-order valence-corrected chi connectivity index (χ0v) is 9.75. The van der Waals surface area contributed by atoms with Gasteiger partial charge in [-0.05, 0) is 31.4 Å². The lowest BCUT2D eigenvalue weighted by atomic mass is 10.0. The number of fused-ring (bicyclic) bond motifs is 1. The molecule has 1 atom stereocenters. The summed E-state index contributed by atoms with van der Waals surface area (Å²) in [5, 5.41) is 0. The summed E-state index contributed by atoms with van der Waals surface area (Å²) in [6, 6.07) is 1.26. The molecular formula is C12H12F3NO2. The molecular weight excluding hydrogens is 247 g/mol. The highest BCUT2D eigenvalue weighted by atomic mass is 19.4. The van der Waals surface area contributed by atoms with Crippen molar-refractivity contribution in [2.75, 3.05) is 6.61 Å². The zero-order valence-electron chi connectivity index (χ0n) is 9.75. The second-order valence-electron chi connectivity index (χ2n) is 4.11. The van der Waals surface area contributed by atoms with Gasteiger partial charge in [-0.2, -0.15) is 13.2 Å². The van der Waals surface area contributed by atoms with Crippen molar-refractivity contribution in [2.45, 2.75) is 31.9 Å². The van der Waals surface area contributed by atoms with Crippen LogP contribution in [0.2, 0.25) is 0 Å². The third-order valence-electron chi connectivity index (χ3n) is 2.96. The second kappa shape index (κ2) is 4.59. The number of aryl methyl sites for hydroxylation is 1. The fraction of sp³-hybridized carbons (Fsp3) is 0.500. The van der Waals surface area contributed by atoms with Crippen molar-refractivity contribution in [1.82, 2.24) is 4.98 Å². The second-order valence-corrected chi connectivity index (χ2v) is 4.11. The number of rotatable bonds is 2. The Morgan fingerprint density at radius 1 is 1.56 bits per heavy atom. The number of ether oxygens (including phenoxy) is 1. The highest BCUT2D eigenvalue weighted by Gasteiger charge is 2.44. The van der Waals surface area contributed by atoms with E-state index in [1.54, 1.807) is 6.92 Å². The summed E-state index contributed by atoms with van der Waals surface area (Å²) < 4.78 is 43.1. The number of carbonyl (C=O) groups excluding carboxylic acids is 1. The van der Waals surface area contributed by atoms with E-state index >= 15 is 0 Å². The monoisotopic (exact) mass is 259 g/mol. The highest BCUT2D eigenvalue weighted by molar-refractivity contribution is 5.89. The van der Waals surface area contributed by atoms with Crippen molar-refractivity contribution in [1.29, 1.82) is 0 Å². The smallest absolute Gasteiger partial charge is 0.395 e. The van der Waals surface area contributed by atoms with E-state index in [-0.39, 0.29) is 24.2 Å². The molecule has 0 spiro atoms. The Bertz CT molecular complexity index is 471. The van der Waals surface area contributed by atoms with Crippen LogP contribution in [0.25, 0.3) is 0 Å². The Hall–Kier alpha value is -1.59. The average Bonchev–Trinajstić information content (AvgIpc) is 2.71. The Morgan fingerprint density at radius 2 is 2.28 bits per heavy atom. The summed E-state index contributed by atoms with van der Waals surface area (Å²) in [5.74, 6) is -2.16. The Balaban J connectivity index is 2.34. The number of nitrogens with zero attached hydrogens (tertiary/aromatic N) is 1. The van der Waals surface area contributed by atoms with Gasteiger partial charge in [-0.15, -0.1) is 0 Å². The van der Waals surface area contributed by atoms with Crippen molar-refractivity contribution >= 4 is 5.97 Å². The maximum atomic E-state index is 12.8. The van der Waals surface area contributed by atoms with Crippen LogP contribution in [0.5, 0.6) is 0 Å². The molecule has 18 heavy (non-hydrogen) atoms. The van der Waals surface area contributed by atoms with Gasteiger partial charge in [-0.3, -0.25) is 4.98 Å². The van der Waals surface area contributed by atoms with Crippen molar-refractivity contribution in [3.63, 3.8) is 0 Å². The molecule has 1 aromatic heterocycles. The number of hydrogen-bond acceptors (Lipinski definition) is 3. The largest absolute Gasteiger partial charge is 0.462 e. The van der Waals surface area contributed by atoms with Crippen LogP contribution in [-0.4, -0.2) is 23.7 Å². The van der Waals surface area contributed by atoms with E-state index in [2.05, 4.69) is 4.98 Å². The molecule has 1 heterocycles.